The maximum absolute atomic E-state index is 5.55. The second-order valence-electron chi connectivity index (χ2n) is 3.94. The molecule has 1 rings (SSSR count). The minimum Gasteiger partial charge on any atom is -0.490 e. The van der Waals surface area contributed by atoms with Crippen molar-refractivity contribution in [2.75, 3.05) is 6.61 Å². The number of allylic oxidation sites excluding steroid dienone is 1. The van der Waals surface area contributed by atoms with Crippen LogP contribution in [0.1, 0.15) is 39.0 Å². The Morgan fingerprint density at radius 3 is 2.56 bits per heavy atom. The smallest absolute Gasteiger partial charge is 0.119 e. The van der Waals surface area contributed by atoms with Crippen LogP contribution in [0.2, 0.25) is 0 Å². The third-order valence-electron chi connectivity index (χ3n) is 2.48. The van der Waals surface area contributed by atoms with Gasteiger partial charge >= 0.3 is 0 Å². The van der Waals surface area contributed by atoms with Gasteiger partial charge in [-0.15, -0.1) is 0 Å². The lowest BCUT2D eigenvalue weighted by molar-refractivity contribution is 0.362. The van der Waals surface area contributed by atoms with Crippen LogP contribution >= 0.6 is 0 Å². The number of benzene rings is 1. The predicted octanol–water partition coefficient (Wildman–Crippen LogP) is 4.59. The molecule has 0 saturated carbocycles. The number of unbranched alkanes of at least 4 members (excludes halogenated alkanes) is 4. The Labute approximate surface area is 99.1 Å². The standard InChI is InChI=1S/C15H22O/c1-2-3-4-5-6-7-11-14-16-15-12-9-8-10-13-15/h7-13H,2-6,14H2,1H3/b11-7-. The van der Waals surface area contributed by atoms with Crippen molar-refractivity contribution in [2.24, 2.45) is 0 Å². The van der Waals surface area contributed by atoms with Crippen LogP contribution in [0.3, 0.4) is 0 Å². The van der Waals surface area contributed by atoms with Crippen molar-refractivity contribution in [1.29, 1.82) is 0 Å². The molecule has 0 aromatic heterocycles. The SMILES string of the molecule is CCCCCC/C=C\COc1ccccc1. The summed E-state index contributed by atoms with van der Waals surface area (Å²) >= 11 is 0. The quantitative estimate of drug-likeness (QED) is 0.458. The van der Waals surface area contributed by atoms with Crippen LogP contribution in [-0.4, -0.2) is 6.61 Å². The van der Waals surface area contributed by atoms with Gasteiger partial charge in [0.1, 0.15) is 12.4 Å². The summed E-state index contributed by atoms with van der Waals surface area (Å²) in [6.45, 7) is 2.92. The van der Waals surface area contributed by atoms with E-state index in [9.17, 15) is 0 Å². The summed E-state index contributed by atoms with van der Waals surface area (Å²) in [5.41, 5.74) is 0. The van der Waals surface area contributed by atoms with Crippen LogP contribution in [-0.2, 0) is 0 Å². The Bertz CT molecular complexity index is 277. The highest BCUT2D eigenvalue weighted by Gasteiger charge is 1.87. The molecule has 0 bridgehead atoms. The van der Waals surface area contributed by atoms with Gasteiger partial charge in [0.25, 0.3) is 0 Å². The molecule has 0 fully saturated rings. The van der Waals surface area contributed by atoms with Crippen molar-refractivity contribution in [3.63, 3.8) is 0 Å². The topological polar surface area (TPSA) is 9.23 Å². The molecular formula is C15H22O. The monoisotopic (exact) mass is 218 g/mol. The first-order valence-corrected chi connectivity index (χ1v) is 6.26. The Morgan fingerprint density at radius 2 is 1.81 bits per heavy atom. The van der Waals surface area contributed by atoms with Gasteiger partial charge in [0.15, 0.2) is 0 Å². The molecule has 0 aliphatic carbocycles. The first-order valence-electron chi connectivity index (χ1n) is 6.26. The Morgan fingerprint density at radius 1 is 1.00 bits per heavy atom. The van der Waals surface area contributed by atoms with Crippen LogP contribution in [0.4, 0.5) is 0 Å². The van der Waals surface area contributed by atoms with Crippen molar-refractivity contribution < 1.29 is 4.74 Å². The van der Waals surface area contributed by atoms with Crippen LogP contribution in [0.15, 0.2) is 42.5 Å². The summed E-state index contributed by atoms with van der Waals surface area (Å²) in [6, 6.07) is 9.94. The van der Waals surface area contributed by atoms with E-state index in [2.05, 4.69) is 19.1 Å². The van der Waals surface area contributed by atoms with Gasteiger partial charge in [-0.2, -0.15) is 0 Å². The molecule has 0 spiro atoms. The summed E-state index contributed by atoms with van der Waals surface area (Å²) in [5.74, 6) is 0.943. The first kappa shape index (κ1) is 12.8. The number of hydrogen-bond acceptors (Lipinski definition) is 1. The van der Waals surface area contributed by atoms with Crippen molar-refractivity contribution >= 4 is 0 Å². The van der Waals surface area contributed by atoms with Gasteiger partial charge in [-0.1, -0.05) is 56.5 Å². The van der Waals surface area contributed by atoms with E-state index in [1.54, 1.807) is 0 Å². The highest BCUT2D eigenvalue weighted by atomic mass is 16.5. The van der Waals surface area contributed by atoms with Gasteiger partial charge in [-0.25, -0.2) is 0 Å². The zero-order valence-electron chi connectivity index (χ0n) is 10.2. The van der Waals surface area contributed by atoms with Gasteiger partial charge in [-0.3, -0.25) is 0 Å². The van der Waals surface area contributed by atoms with Crippen LogP contribution in [0, 0.1) is 0 Å². The molecule has 1 aromatic rings. The summed E-state index contributed by atoms with van der Waals surface area (Å²) in [4.78, 5) is 0. The fraction of sp³-hybridized carbons (Fsp3) is 0.467. The highest BCUT2D eigenvalue weighted by molar-refractivity contribution is 5.21. The van der Waals surface area contributed by atoms with Crippen LogP contribution in [0.25, 0.3) is 0 Å². The molecule has 0 radical (unpaired) electrons. The lowest BCUT2D eigenvalue weighted by atomic mass is 10.1. The molecule has 0 atom stereocenters. The molecule has 88 valence electrons. The molecule has 1 heteroatoms. The van der Waals surface area contributed by atoms with Crippen molar-refractivity contribution in [3.05, 3.63) is 42.5 Å². The van der Waals surface area contributed by atoms with E-state index in [1.807, 2.05) is 30.3 Å². The van der Waals surface area contributed by atoms with E-state index in [-0.39, 0.29) is 0 Å². The van der Waals surface area contributed by atoms with Crippen molar-refractivity contribution in [3.8, 4) is 5.75 Å². The minimum atomic E-state index is 0.678. The lowest BCUT2D eigenvalue weighted by Gasteiger charge is -2.01. The van der Waals surface area contributed by atoms with E-state index in [0.717, 1.165) is 5.75 Å². The third kappa shape index (κ3) is 6.28. The van der Waals surface area contributed by atoms with Gasteiger partial charge < -0.3 is 4.74 Å². The molecule has 16 heavy (non-hydrogen) atoms. The average Bonchev–Trinajstić information content (AvgIpc) is 2.34. The van der Waals surface area contributed by atoms with Crippen molar-refractivity contribution in [1.82, 2.24) is 0 Å². The van der Waals surface area contributed by atoms with Gasteiger partial charge in [0, 0.05) is 0 Å². The molecule has 0 aliphatic heterocycles. The fourth-order valence-corrected chi connectivity index (χ4v) is 1.54. The molecule has 0 heterocycles. The molecule has 0 N–H and O–H groups in total. The van der Waals surface area contributed by atoms with E-state index in [0.29, 0.717) is 6.61 Å². The number of para-hydroxylation sites is 1. The summed E-state index contributed by atoms with van der Waals surface area (Å²) in [7, 11) is 0. The Hall–Kier alpha value is -1.24. The van der Waals surface area contributed by atoms with Crippen LogP contribution in [0.5, 0.6) is 5.75 Å². The molecule has 0 amide bonds. The van der Waals surface area contributed by atoms with Crippen molar-refractivity contribution in [2.45, 2.75) is 39.0 Å². The number of ether oxygens (including phenoxy) is 1. The normalized spacial score (nSPS) is 10.8. The van der Waals surface area contributed by atoms with Gasteiger partial charge in [-0.05, 0) is 25.0 Å². The predicted molar refractivity (Wildman–Crippen MR) is 69.8 cm³/mol. The van der Waals surface area contributed by atoms with E-state index >= 15 is 0 Å². The third-order valence-corrected chi connectivity index (χ3v) is 2.48. The summed E-state index contributed by atoms with van der Waals surface area (Å²) < 4.78 is 5.55. The summed E-state index contributed by atoms with van der Waals surface area (Å²) in [5, 5.41) is 0. The van der Waals surface area contributed by atoms with Gasteiger partial charge in [0.05, 0.1) is 0 Å². The largest absolute Gasteiger partial charge is 0.490 e. The first-order chi connectivity index (χ1) is 7.93. The molecule has 0 saturated heterocycles. The molecular weight excluding hydrogens is 196 g/mol. The zero-order valence-corrected chi connectivity index (χ0v) is 10.2. The number of hydrogen-bond donors (Lipinski definition) is 0. The fourth-order valence-electron chi connectivity index (χ4n) is 1.54. The second-order valence-corrected chi connectivity index (χ2v) is 3.94. The average molecular weight is 218 g/mol. The van der Waals surface area contributed by atoms with E-state index in [1.165, 1.54) is 32.1 Å². The molecule has 0 aliphatic rings. The zero-order chi connectivity index (χ0) is 11.5. The van der Waals surface area contributed by atoms with E-state index < -0.39 is 0 Å². The highest BCUT2D eigenvalue weighted by Crippen LogP contribution is 2.08. The second kappa shape index (κ2) is 9.02. The number of rotatable bonds is 8. The van der Waals surface area contributed by atoms with Gasteiger partial charge in [0.2, 0.25) is 0 Å². The molecule has 1 aromatic carbocycles. The molecule has 0 unspecified atom stereocenters. The Kier molecular flexibility index (Phi) is 7.23. The maximum atomic E-state index is 5.55. The Balaban J connectivity index is 2.00. The minimum absolute atomic E-state index is 0.678. The maximum Gasteiger partial charge on any atom is 0.119 e. The summed E-state index contributed by atoms with van der Waals surface area (Å²) in [6.07, 6.45) is 10.8. The van der Waals surface area contributed by atoms with Crippen LogP contribution < -0.4 is 4.74 Å². The lowest BCUT2D eigenvalue weighted by Crippen LogP contribution is -1.92. The molecule has 1 nitrogen and oxygen atoms in total. The van der Waals surface area contributed by atoms with E-state index in [4.69, 9.17) is 4.74 Å².